The fourth-order valence-electron chi connectivity index (χ4n) is 1.45. The van der Waals surface area contributed by atoms with Gasteiger partial charge >= 0.3 is 24.6 Å². The number of benzene rings is 3. The molecule has 0 spiro atoms. The molecule has 0 fully saturated rings. The number of rotatable bonds is 0. The quantitative estimate of drug-likeness (QED) is 0.273. The van der Waals surface area contributed by atoms with Crippen LogP contribution in [0.4, 0.5) is 0 Å². The van der Waals surface area contributed by atoms with E-state index >= 15 is 0 Å². The topological polar surface area (TPSA) is 77.8 Å². The van der Waals surface area contributed by atoms with Gasteiger partial charge in [0.2, 0.25) is 0 Å². The van der Waals surface area contributed by atoms with Crippen molar-refractivity contribution in [3.05, 3.63) is 108 Å². The maximum Gasteiger partial charge on any atom is 3.00 e. The van der Waals surface area contributed by atoms with Crippen LogP contribution in [0.3, 0.4) is 0 Å². The molecular weight excluding hydrogens is 530 g/mol. The Morgan fingerprint density at radius 3 is 0.839 bits per heavy atom. The van der Waals surface area contributed by atoms with Gasteiger partial charge in [-0.05, 0) is 0 Å². The van der Waals surface area contributed by atoms with E-state index in [1.165, 1.54) is 16.7 Å². The van der Waals surface area contributed by atoms with Crippen LogP contribution in [-0.2, 0) is 21.3 Å². The third kappa shape index (κ3) is 40.8. The van der Waals surface area contributed by atoms with Crippen LogP contribution in [0.2, 0.25) is 0 Å². The molecule has 0 aliphatic carbocycles. The van der Waals surface area contributed by atoms with E-state index in [4.69, 9.17) is 19.2 Å². The van der Waals surface area contributed by atoms with Crippen LogP contribution in [0.25, 0.3) is 0 Å². The van der Waals surface area contributed by atoms with Gasteiger partial charge in [-0.3, -0.25) is 0 Å². The average molecular weight is 566 g/mol. The molecule has 0 aliphatic heterocycles. The van der Waals surface area contributed by atoms with Gasteiger partial charge in [-0.15, -0.1) is 0 Å². The molecule has 4 unspecified atom stereocenters. The summed E-state index contributed by atoms with van der Waals surface area (Å²) >= 11 is 0. The summed E-state index contributed by atoms with van der Waals surface area (Å²) in [7, 11) is -4.64. The monoisotopic (exact) mass is 566 g/mol. The zero-order valence-corrected chi connectivity index (χ0v) is 25.9. The second-order valence-corrected chi connectivity index (χ2v) is 6.18. The first-order valence-corrected chi connectivity index (χ1v) is 9.33. The van der Waals surface area contributed by atoms with Gasteiger partial charge in [0.1, 0.15) is 0 Å². The third-order valence-electron chi connectivity index (χ3n) is 2.59. The zero-order chi connectivity index (χ0) is 19.8. The van der Waals surface area contributed by atoms with Crippen LogP contribution in [0.15, 0.2) is 72.8 Å². The number of hydrogen-bond acceptors (Lipinski definition) is 1. The summed E-state index contributed by atoms with van der Waals surface area (Å²) in [6.45, 7) is 6.08. The summed E-state index contributed by atoms with van der Waals surface area (Å²) in [5.41, 5.74) is 3.59. The summed E-state index contributed by atoms with van der Waals surface area (Å²) < 4.78 is 8.88. The van der Waals surface area contributed by atoms with Gasteiger partial charge in [0, 0.05) is 0 Å². The molecule has 0 amide bonds. The van der Waals surface area contributed by atoms with E-state index in [1.54, 1.807) is 0 Å². The molecule has 3 aromatic carbocycles. The normalized spacial score (nSPS) is 7.81. The van der Waals surface area contributed by atoms with Crippen molar-refractivity contribution in [3.8, 4) is 0 Å². The minimum atomic E-state index is -4.64. The predicted molar refractivity (Wildman–Crippen MR) is 149 cm³/mol. The van der Waals surface area contributed by atoms with E-state index in [0.717, 1.165) is 0 Å². The Labute approximate surface area is 211 Å². The van der Waals surface area contributed by atoms with E-state index in [9.17, 15) is 0 Å². The summed E-state index contributed by atoms with van der Waals surface area (Å²) in [5.74, 6) is 0. The predicted octanol–water partition coefficient (Wildman–Crippen LogP) is 4.69. The first-order chi connectivity index (χ1) is 12.2. The van der Waals surface area contributed by atoms with Crippen LogP contribution in [0, 0.1) is 39.0 Å². The van der Waals surface area contributed by atoms with Crippen LogP contribution in [-0.4, -0.2) is 14.7 Å². The van der Waals surface area contributed by atoms with Gasteiger partial charge in [-0.25, -0.2) is 4.57 Å². The molecule has 0 bridgehead atoms. The zero-order valence-electron chi connectivity index (χ0n) is 18.3. The summed E-state index contributed by atoms with van der Waals surface area (Å²) in [4.78, 5) is 21.6. The summed E-state index contributed by atoms with van der Waals surface area (Å²) in [5, 5.41) is 0. The fourth-order valence-corrected chi connectivity index (χ4v) is 1.45. The van der Waals surface area contributed by atoms with E-state index in [0.29, 0.717) is 0 Å². The molecule has 0 radical (unpaired) electrons. The van der Waals surface area contributed by atoms with E-state index < -0.39 is 7.82 Å². The molecule has 31 heavy (non-hydrogen) atoms. The number of hydrogen-bond donors (Lipinski definition) is 3. The molecular formula is C21H36CoO4P5. The van der Waals surface area contributed by atoms with Crippen LogP contribution < -0.4 is 0 Å². The van der Waals surface area contributed by atoms with E-state index in [-0.39, 0.29) is 56.4 Å². The Morgan fingerprint density at radius 2 is 0.774 bits per heavy atom. The molecule has 3 aromatic rings. The third-order valence-corrected chi connectivity index (χ3v) is 2.59. The molecule has 4 nitrogen and oxygen atoms in total. The minimum absolute atomic E-state index is 0. The van der Waals surface area contributed by atoms with E-state index in [1.807, 2.05) is 93.6 Å². The largest absolute Gasteiger partial charge is 3.00 e. The van der Waals surface area contributed by atoms with Crippen molar-refractivity contribution in [2.45, 2.75) is 20.8 Å². The van der Waals surface area contributed by atoms with E-state index in [2.05, 4.69) is 18.2 Å². The van der Waals surface area contributed by atoms with Gasteiger partial charge in [-0.1, -0.05) is 20.8 Å². The fraction of sp³-hybridized carbons (Fsp3) is 0.143. The Balaban J connectivity index is -0.0000000643. The molecule has 178 valence electrons. The second-order valence-electron chi connectivity index (χ2n) is 5.15. The summed E-state index contributed by atoms with van der Waals surface area (Å²) in [6, 6.07) is 32.8. The van der Waals surface area contributed by atoms with Gasteiger partial charge in [0.15, 0.2) is 0 Å². The van der Waals surface area contributed by atoms with Crippen LogP contribution >= 0.6 is 47.4 Å². The smallest absolute Gasteiger partial charge is 0.303 e. The van der Waals surface area contributed by atoms with Gasteiger partial charge in [0.05, 0.1) is 0 Å². The molecule has 3 N–H and O–H groups in total. The van der Waals surface area contributed by atoms with Crippen molar-refractivity contribution in [2.75, 3.05) is 0 Å². The maximum atomic E-state index is 8.88. The van der Waals surface area contributed by atoms with Gasteiger partial charge in [0.25, 0.3) is 0 Å². The molecule has 0 aliphatic rings. The molecule has 10 heteroatoms. The van der Waals surface area contributed by atoms with Crippen molar-refractivity contribution in [3.63, 3.8) is 0 Å². The van der Waals surface area contributed by atoms with Gasteiger partial charge in [-0.2, -0.15) is 147 Å². The molecule has 0 aromatic heterocycles. The Morgan fingerprint density at radius 1 is 0.581 bits per heavy atom. The summed E-state index contributed by atoms with van der Waals surface area (Å²) in [6.07, 6.45) is 0. The maximum absolute atomic E-state index is 8.88. The van der Waals surface area contributed by atoms with Crippen LogP contribution in [0.1, 0.15) is 16.7 Å². The first-order valence-electron chi connectivity index (χ1n) is 7.76. The van der Waals surface area contributed by atoms with Crippen molar-refractivity contribution in [1.29, 1.82) is 0 Å². The SMILES string of the molecule is Cc1[c-]cccc1.Cc1[c-]cccc1.Cc1[c-]cccc1.O=P(O)(O)O.P.P.P.P.[Co+3]. The van der Waals surface area contributed by atoms with Crippen molar-refractivity contribution >= 4 is 47.4 Å². The molecule has 0 saturated carbocycles. The Bertz CT molecular complexity index is 648. The van der Waals surface area contributed by atoms with Gasteiger partial charge < -0.3 is 14.7 Å². The number of aryl methyl sites for hydroxylation is 3. The van der Waals surface area contributed by atoms with Crippen molar-refractivity contribution in [1.82, 2.24) is 0 Å². The number of phosphoric acid groups is 1. The van der Waals surface area contributed by atoms with Crippen molar-refractivity contribution < 1.29 is 36.0 Å². The standard InChI is InChI=1S/3C7H7.Co.H3O4P.4H3P/c3*1-7-5-3-2-4-6-7;;1-5(2,3)4;;;;/h3*2-5H,1H3;;(H3,1,2,3,4);4*1H3/q3*-1;+3;;;;;. The molecule has 4 atom stereocenters. The average Bonchev–Trinajstić information content (AvgIpc) is 2.57. The minimum Gasteiger partial charge on any atom is -0.303 e. The van der Waals surface area contributed by atoms with Crippen LogP contribution in [0.5, 0.6) is 0 Å². The Kier molecular flexibility index (Phi) is 40.4. The second kappa shape index (κ2) is 28.0. The Hall–Kier alpha value is -0.00351. The molecule has 3 rings (SSSR count). The molecule has 0 saturated heterocycles. The van der Waals surface area contributed by atoms with Crippen molar-refractivity contribution in [2.24, 2.45) is 0 Å². The molecule has 0 heterocycles. The first kappa shape index (κ1) is 44.6.